The lowest BCUT2D eigenvalue weighted by molar-refractivity contribution is -0.0681. The monoisotopic (exact) mass is 325 g/mol. The van der Waals surface area contributed by atoms with Gasteiger partial charge in [0.15, 0.2) is 0 Å². The minimum Gasteiger partial charge on any atom is -0.373 e. The average molecular weight is 326 g/mol. The van der Waals surface area contributed by atoms with Crippen LogP contribution in [0.1, 0.15) is 37.0 Å². The van der Waals surface area contributed by atoms with Crippen molar-refractivity contribution < 1.29 is 9.53 Å². The van der Waals surface area contributed by atoms with Gasteiger partial charge in [-0.1, -0.05) is 11.6 Å². The normalized spacial score (nSPS) is 22.5. The quantitative estimate of drug-likeness (QED) is 0.816. The molecule has 1 aromatic heterocycles. The second kappa shape index (κ2) is 8.46. The molecule has 0 bridgehead atoms. The summed E-state index contributed by atoms with van der Waals surface area (Å²) >= 11 is 5.95. The predicted molar refractivity (Wildman–Crippen MR) is 87.3 cm³/mol. The lowest BCUT2D eigenvalue weighted by Crippen LogP contribution is -2.45. The molecule has 0 aromatic carbocycles. The number of unbranched alkanes of at least 4 members (excludes halogenated alkanes) is 1. The smallest absolute Gasteiger partial charge is 0.252 e. The highest BCUT2D eigenvalue weighted by molar-refractivity contribution is 6.33. The molecule has 0 unspecified atom stereocenters. The molecule has 2 atom stereocenters. The molecule has 0 radical (unpaired) electrons. The van der Waals surface area contributed by atoms with E-state index in [1.165, 1.54) is 6.20 Å². The van der Waals surface area contributed by atoms with Crippen LogP contribution in [0.3, 0.4) is 0 Å². The van der Waals surface area contributed by atoms with Gasteiger partial charge >= 0.3 is 0 Å². The molecule has 2 heterocycles. The number of pyridine rings is 1. The number of morpholine rings is 1. The molecule has 122 valence electrons. The van der Waals surface area contributed by atoms with E-state index in [0.29, 0.717) is 29.3 Å². The van der Waals surface area contributed by atoms with Gasteiger partial charge < -0.3 is 10.1 Å². The summed E-state index contributed by atoms with van der Waals surface area (Å²) in [5.41, 5.74) is 0.479. The van der Waals surface area contributed by atoms with Crippen molar-refractivity contribution in [1.82, 2.24) is 15.2 Å². The zero-order valence-corrected chi connectivity index (χ0v) is 14.0. The van der Waals surface area contributed by atoms with E-state index in [-0.39, 0.29) is 5.91 Å². The number of nitrogens with one attached hydrogen (secondary N) is 1. The third-order valence-corrected chi connectivity index (χ3v) is 4.00. The molecule has 0 spiro atoms. The average Bonchev–Trinajstić information content (AvgIpc) is 2.46. The van der Waals surface area contributed by atoms with Crippen LogP contribution in [0.2, 0.25) is 5.02 Å². The van der Waals surface area contributed by atoms with Gasteiger partial charge in [-0.3, -0.25) is 14.7 Å². The fraction of sp³-hybridized carbons (Fsp3) is 0.625. The van der Waals surface area contributed by atoms with Crippen LogP contribution in [0.4, 0.5) is 0 Å². The first kappa shape index (κ1) is 17.2. The molecule has 22 heavy (non-hydrogen) atoms. The van der Waals surface area contributed by atoms with Crippen molar-refractivity contribution in [3.8, 4) is 0 Å². The van der Waals surface area contributed by atoms with Crippen LogP contribution in [0.5, 0.6) is 0 Å². The summed E-state index contributed by atoms with van der Waals surface area (Å²) < 4.78 is 5.72. The Morgan fingerprint density at radius 2 is 2.14 bits per heavy atom. The van der Waals surface area contributed by atoms with Crippen molar-refractivity contribution >= 4 is 17.5 Å². The Balaban J connectivity index is 1.63. The highest BCUT2D eigenvalue weighted by Gasteiger charge is 2.21. The first-order valence-electron chi connectivity index (χ1n) is 7.82. The van der Waals surface area contributed by atoms with Crippen LogP contribution in [0.15, 0.2) is 18.5 Å². The fourth-order valence-corrected chi connectivity index (χ4v) is 2.99. The first-order chi connectivity index (χ1) is 10.6. The highest BCUT2D eigenvalue weighted by atomic mass is 35.5. The van der Waals surface area contributed by atoms with Gasteiger partial charge in [0.2, 0.25) is 0 Å². The van der Waals surface area contributed by atoms with Crippen molar-refractivity contribution in [2.75, 3.05) is 26.2 Å². The van der Waals surface area contributed by atoms with Crippen molar-refractivity contribution in [2.45, 2.75) is 38.9 Å². The van der Waals surface area contributed by atoms with Gasteiger partial charge in [0, 0.05) is 32.0 Å². The molecule has 1 aromatic rings. The molecule has 0 saturated carbocycles. The summed E-state index contributed by atoms with van der Waals surface area (Å²) in [5, 5.41) is 3.29. The molecular weight excluding hydrogens is 302 g/mol. The third kappa shape index (κ3) is 5.23. The largest absolute Gasteiger partial charge is 0.373 e. The summed E-state index contributed by atoms with van der Waals surface area (Å²) in [7, 11) is 0. The van der Waals surface area contributed by atoms with Crippen LogP contribution in [-0.2, 0) is 4.74 Å². The molecule has 1 amide bonds. The summed E-state index contributed by atoms with van der Waals surface area (Å²) in [4.78, 5) is 18.3. The van der Waals surface area contributed by atoms with Gasteiger partial charge in [-0.15, -0.1) is 0 Å². The summed E-state index contributed by atoms with van der Waals surface area (Å²) in [6, 6.07) is 1.63. The topological polar surface area (TPSA) is 54.5 Å². The standard InChI is InChI=1S/C16H24ClN3O2/c1-12-10-20(11-13(2)22-12)8-4-3-6-19-16(21)14-5-7-18-9-15(14)17/h5,7,9,12-13H,3-4,6,8,10-11H2,1-2H3,(H,19,21)/t12-,13+. The van der Waals surface area contributed by atoms with Gasteiger partial charge in [0.1, 0.15) is 0 Å². The number of carbonyl (C=O) groups excluding carboxylic acids is 1. The van der Waals surface area contributed by atoms with Crippen molar-refractivity contribution in [1.29, 1.82) is 0 Å². The van der Waals surface area contributed by atoms with Crippen LogP contribution < -0.4 is 5.32 Å². The van der Waals surface area contributed by atoms with E-state index in [1.807, 2.05) is 0 Å². The molecule has 2 rings (SSSR count). The molecule has 6 heteroatoms. The second-order valence-corrected chi connectivity index (χ2v) is 6.24. The maximum absolute atomic E-state index is 12.0. The molecule has 5 nitrogen and oxygen atoms in total. The number of halogens is 1. The van der Waals surface area contributed by atoms with Gasteiger partial charge in [-0.25, -0.2) is 0 Å². The number of hydrogen-bond acceptors (Lipinski definition) is 4. The molecular formula is C16H24ClN3O2. The zero-order valence-electron chi connectivity index (χ0n) is 13.2. The van der Waals surface area contributed by atoms with E-state index >= 15 is 0 Å². The maximum Gasteiger partial charge on any atom is 0.252 e. The lowest BCUT2D eigenvalue weighted by atomic mass is 10.2. The first-order valence-corrected chi connectivity index (χ1v) is 8.19. The molecule has 1 fully saturated rings. The molecule has 1 aliphatic rings. The number of rotatable bonds is 6. The fourth-order valence-electron chi connectivity index (χ4n) is 2.78. The van der Waals surface area contributed by atoms with Crippen molar-refractivity contribution in [2.24, 2.45) is 0 Å². The highest BCUT2D eigenvalue weighted by Crippen LogP contribution is 2.13. The minimum absolute atomic E-state index is 0.138. The number of aromatic nitrogens is 1. The third-order valence-electron chi connectivity index (χ3n) is 3.70. The molecule has 0 aliphatic carbocycles. The van der Waals surface area contributed by atoms with Crippen molar-refractivity contribution in [3.05, 3.63) is 29.0 Å². The Bertz CT molecular complexity index is 488. The minimum atomic E-state index is -0.138. The van der Waals surface area contributed by atoms with Gasteiger partial charge in [0.25, 0.3) is 5.91 Å². The number of hydrogen-bond donors (Lipinski definition) is 1. The molecule has 1 saturated heterocycles. The number of carbonyl (C=O) groups is 1. The lowest BCUT2D eigenvalue weighted by Gasteiger charge is -2.35. The van der Waals surface area contributed by atoms with Gasteiger partial charge in [-0.2, -0.15) is 0 Å². The Labute approximate surface area is 137 Å². The van der Waals surface area contributed by atoms with E-state index in [0.717, 1.165) is 32.5 Å². The Morgan fingerprint density at radius 1 is 1.41 bits per heavy atom. The van der Waals surface area contributed by atoms with Crippen LogP contribution >= 0.6 is 11.6 Å². The molecule has 1 aliphatic heterocycles. The van der Waals surface area contributed by atoms with Gasteiger partial charge in [0.05, 0.1) is 22.8 Å². The number of amides is 1. The number of nitrogens with zero attached hydrogens (tertiary/aromatic N) is 2. The van der Waals surface area contributed by atoms with E-state index < -0.39 is 0 Å². The van der Waals surface area contributed by atoms with E-state index in [9.17, 15) is 4.79 Å². The van der Waals surface area contributed by atoms with E-state index in [4.69, 9.17) is 16.3 Å². The Kier molecular flexibility index (Phi) is 6.61. The van der Waals surface area contributed by atoms with Crippen molar-refractivity contribution in [3.63, 3.8) is 0 Å². The SMILES string of the molecule is C[C@@H]1CN(CCCCNC(=O)c2ccncc2Cl)C[C@H](C)O1. The maximum atomic E-state index is 12.0. The summed E-state index contributed by atoms with van der Waals surface area (Å²) in [5.74, 6) is -0.138. The Morgan fingerprint density at radius 3 is 2.82 bits per heavy atom. The van der Waals surface area contributed by atoms with Crippen LogP contribution in [0.25, 0.3) is 0 Å². The number of ether oxygens (including phenoxy) is 1. The van der Waals surface area contributed by atoms with Crippen LogP contribution in [-0.4, -0.2) is 54.2 Å². The summed E-state index contributed by atoms with van der Waals surface area (Å²) in [6.07, 6.45) is 5.67. The molecule has 1 N–H and O–H groups in total. The van der Waals surface area contributed by atoms with E-state index in [2.05, 4.69) is 29.0 Å². The van der Waals surface area contributed by atoms with E-state index in [1.54, 1.807) is 12.3 Å². The zero-order chi connectivity index (χ0) is 15.9. The predicted octanol–water partition coefficient (Wildman–Crippen LogP) is 2.35. The van der Waals surface area contributed by atoms with Crippen LogP contribution in [0, 0.1) is 0 Å². The van der Waals surface area contributed by atoms with Gasteiger partial charge in [-0.05, 0) is 39.3 Å². The second-order valence-electron chi connectivity index (χ2n) is 5.84. The Hall–Kier alpha value is -1.17. The summed E-state index contributed by atoms with van der Waals surface area (Å²) in [6.45, 7) is 7.91.